The molecule has 8 nitrogen and oxygen atoms in total. The zero-order chi connectivity index (χ0) is 15.9. The molecule has 1 heterocycles. The van der Waals surface area contributed by atoms with Gasteiger partial charge in [0.05, 0.1) is 12.3 Å². The summed E-state index contributed by atoms with van der Waals surface area (Å²) in [6, 6.07) is 0.0254. The number of carbonyl (C=O) groups excluding carboxylic acids is 1. The van der Waals surface area contributed by atoms with Crippen molar-refractivity contribution in [3.8, 4) is 0 Å². The third-order valence-electron chi connectivity index (χ3n) is 2.38. The van der Waals surface area contributed by atoms with E-state index in [0.29, 0.717) is 0 Å². The third-order valence-corrected chi connectivity index (χ3v) is 4.18. The van der Waals surface area contributed by atoms with Gasteiger partial charge in [0.15, 0.2) is 5.13 Å². The van der Waals surface area contributed by atoms with Gasteiger partial charge in [-0.25, -0.2) is 19.2 Å². The van der Waals surface area contributed by atoms with Gasteiger partial charge in [0.25, 0.3) is 0 Å². The number of amides is 1. The van der Waals surface area contributed by atoms with Gasteiger partial charge in [-0.2, -0.15) is 8.42 Å². The molecule has 0 fully saturated rings. The van der Waals surface area contributed by atoms with E-state index >= 15 is 0 Å². The topological polar surface area (TPSA) is 109 Å². The van der Waals surface area contributed by atoms with Gasteiger partial charge in [-0.1, -0.05) is 6.92 Å². The fraction of sp³-hybridized carbons (Fsp3) is 0.636. The number of carbonyl (C=O) groups is 1. The summed E-state index contributed by atoms with van der Waals surface area (Å²) in [6.07, 6.45) is -0.0306. The van der Waals surface area contributed by atoms with Crippen molar-refractivity contribution in [1.29, 1.82) is 0 Å². The molecule has 0 bridgehead atoms. The highest BCUT2D eigenvalue weighted by molar-refractivity contribution is 7.91. The first kappa shape index (κ1) is 17.7. The Labute approximate surface area is 128 Å². The van der Waals surface area contributed by atoms with Gasteiger partial charge in [0, 0.05) is 11.4 Å². The van der Waals surface area contributed by atoms with E-state index in [1.807, 2.05) is 6.92 Å². The van der Waals surface area contributed by atoms with Crippen LogP contribution in [0.25, 0.3) is 0 Å². The van der Waals surface area contributed by atoms with Gasteiger partial charge in [0.2, 0.25) is 0 Å². The highest BCUT2D eigenvalue weighted by atomic mass is 32.2. The molecule has 3 N–H and O–H groups in total. The van der Waals surface area contributed by atoms with E-state index < -0.39 is 16.3 Å². The van der Waals surface area contributed by atoms with Crippen LogP contribution in [-0.4, -0.2) is 32.6 Å². The van der Waals surface area contributed by atoms with Gasteiger partial charge >= 0.3 is 16.3 Å². The summed E-state index contributed by atoms with van der Waals surface area (Å²) in [5.74, 6) is 0. The normalized spacial score (nSPS) is 12.7. The second-order valence-corrected chi connectivity index (χ2v) is 6.45. The van der Waals surface area contributed by atoms with Gasteiger partial charge in [-0.15, -0.1) is 11.3 Å². The Balaban J connectivity index is 2.63. The zero-order valence-electron chi connectivity index (χ0n) is 12.2. The van der Waals surface area contributed by atoms with Crippen molar-refractivity contribution in [2.24, 2.45) is 0 Å². The molecular weight excluding hydrogens is 316 g/mol. The molecule has 0 radical (unpaired) electrons. The van der Waals surface area contributed by atoms with Crippen LogP contribution in [0.5, 0.6) is 0 Å². The van der Waals surface area contributed by atoms with E-state index in [1.54, 1.807) is 17.0 Å². The molecule has 1 rings (SSSR count). The SMILES string of the molecule is CCCNC(C)c1csc(NS(=O)(=O)NC(=O)OCC)n1. The monoisotopic (exact) mass is 336 g/mol. The molecule has 0 saturated carbocycles. The average Bonchev–Trinajstić information content (AvgIpc) is 2.83. The molecule has 0 aliphatic carbocycles. The lowest BCUT2D eigenvalue weighted by Gasteiger charge is -2.10. The Morgan fingerprint density at radius 2 is 2.19 bits per heavy atom. The van der Waals surface area contributed by atoms with Crippen molar-refractivity contribution in [2.45, 2.75) is 33.2 Å². The number of anilines is 1. The van der Waals surface area contributed by atoms with Crippen LogP contribution in [0.3, 0.4) is 0 Å². The molecule has 1 aromatic heterocycles. The lowest BCUT2D eigenvalue weighted by Crippen LogP contribution is -2.35. The molecule has 0 spiro atoms. The molecular formula is C11H20N4O4S2. The minimum Gasteiger partial charge on any atom is -0.449 e. The smallest absolute Gasteiger partial charge is 0.422 e. The molecule has 1 unspecified atom stereocenters. The van der Waals surface area contributed by atoms with Crippen LogP contribution in [0.4, 0.5) is 9.93 Å². The number of ether oxygens (including phenoxy) is 1. The van der Waals surface area contributed by atoms with Crippen LogP contribution >= 0.6 is 11.3 Å². The van der Waals surface area contributed by atoms with Gasteiger partial charge in [-0.3, -0.25) is 0 Å². The maximum atomic E-state index is 11.7. The Bertz CT molecular complexity index is 558. The maximum absolute atomic E-state index is 11.7. The number of nitrogens with one attached hydrogen (secondary N) is 3. The molecule has 0 aliphatic rings. The van der Waals surface area contributed by atoms with E-state index in [1.165, 1.54) is 0 Å². The molecule has 1 amide bonds. The van der Waals surface area contributed by atoms with Crippen molar-refractivity contribution in [3.63, 3.8) is 0 Å². The number of hydrogen-bond acceptors (Lipinski definition) is 7. The molecule has 0 saturated heterocycles. The first-order valence-corrected chi connectivity index (χ1v) is 8.90. The van der Waals surface area contributed by atoms with Crippen LogP contribution < -0.4 is 14.8 Å². The number of hydrogen-bond donors (Lipinski definition) is 3. The number of aromatic nitrogens is 1. The summed E-state index contributed by atoms with van der Waals surface area (Å²) in [7, 11) is -4.03. The van der Waals surface area contributed by atoms with E-state index in [-0.39, 0.29) is 17.8 Å². The minimum absolute atomic E-state index is 0.0254. The van der Waals surface area contributed by atoms with Gasteiger partial charge in [0.1, 0.15) is 0 Å². The second-order valence-electron chi connectivity index (χ2n) is 4.18. The predicted molar refractivity (Wildman–Crippen MR) is 81.5 cm³/mol. The summed E-state index contributed by atoms with van der Waals surface area (Å²) in [5.41, 5.74) is 0.738. The summed E-state index contributed by atoms with van der Waals surface area (Å²) in [6.45, 7) is 6.52. The average molecular weight is 336 g/mol. The summed E-state index contributed by atoms with van der Waals surface area (Å²) < 4.78 is 31.7. The maximum Gasteiger partial charge on any atom is 0.422 e. The molecule has 1 aromatic rings. The number of nitrogens with zero attached hydrogens (tertiary/aromatic N) is 1. The number of thiazole rings is 1. The highest BCUT2D eigenvalue weighted by Crippen LogP contribution is 2.21. The Kier molecular flexibility index (Phi) is 6.85. The van der Waals surface area contributed by atoms with Crippen molar-refractivity contribution >= 4 is 32.8 Å². The largest absolute Gasteiger partial charge is 0.449 e. The minimum atomic E-state index is -4.03. The van der Waals surface area contributed by atoms with E-state index in [9.17, 15) is 13.2 Å². The van der Waals surface area contributed by atoms with Crippen molar-refractivity contribution in [1.82, 2.24) is 15.0 Å². The van der Waals surface area contributed by atoms with Crippen molar-refractivity contribution in [2.75, 3.05) is 17.9 Å². The molecule has 1 atom stereocenters. The Morgan fingerprint density at radius 1 is 1.48 bits per heavy atom. The summed E-state index contributed by atoms with van der Waals surface area (Å²) in [5, 5.41) is 5.20. The lowest BCUT2D eigenvalue weighted by molar-refractivity contribution is 0.159. The van der Waals surface area contributed by atoms with Crippen LogP contribution in [0.15, 0.2) is 5.38 Å². The molecule has 21 heavy (non-hydrogen) atoms. The van der Waals surface area contributed by atoms with Crippen molar-refractivity contribution in [3.05, 3.63) is 11.1 Å². The first-order chi connectivity index (χ1) is 9.88. The summed E-state index contributed by atoms with van der Waals surface area (Å²) in [4.78, 5) is 15.3. The molecule has 10 heteroatoms. The molecule has 120 valence electrons. The van der Waals surface area contributed by atoms with E-state index in [0.717, 1.165) is 30.0 Å². The molecule has 0 aromatic carbocycles. The highest BCUT2D eigenvalue weighted by Gasteiger charge is 2.17. The fourth-order valence-electron chi connectivity index (χ4n) is 1.41. The Hall–Kier alpha value is -1.39. The van der Waals surface area contributed by atoms with E-state index in [2.05, 4.69) is 26.7 Å². The number of rotatable bonds is 8. The first-order valence-electron chi connectivity index (χ1n) is 6.54. The lowest BCUT2D eigenvalue weighted by atomic mass is 10.2. The van der Waals surface area contributed by atoms with Crippen LogP contribution in [0.1, 0.15) is 38.9 Å². The van der Waals surface area contributed by atoms with Gasteiger partial charge < -0.3 is 10.1 Å². The van der Waals surface area contributed by atoms with Gasteiger partial charge in [-0.05, 0) is 26.8 Å². The van der Waals surface area contributed by atoms with Crippen molar-refractivity contribution < 1.29 is 17.9 Å². The Morgan fingerprint density at radius 3 is 2.81 bits per heavy atom. The fourth-order valence-corrected chi connectivity index (χ4v) is 3.18. The predicted octanol–water partition coefficient (Wildman–Crippen LogP) is 1.61. The second kappa shape index (κ2) is 8.15. The molecule has 0 aliphatic heterocycles. The third kappa shape index (κ3) is 6.27. The quantitative estimate of drug-likeness (QED) is 0.665. The van der Waals surface area contributed by atoms with Crippen LogP contribution in [0.2, 0.25) is 0 Å². The van der Waals surface area contributed by atoms with Crippen LogP contribution in [-0.2, 0) is 14.9 Å². The van der Waals surface area contributed by atoms with Crippen LogP contribution in [0, 0.1) is 0 Å². The standard InChI is InChI=1S/C11H20N4O4S2/c1-4-6-12-8(3)9-7-20-10(13-9)14-21(17,18)15-11(16)19-5-2/h7-8,12H,4-6H2,1-3H3,(H,13,14)(H,15,16). The summed E-state index contributed by atoms with van der Waals surface area (Å²) >= 11 is 1.15. The van der Waals surface area contributed by atoms with E-state index in [4.69, 9.17) is 0 Å². The zero-order valence-corrected chi connectivity index (χ0v) is 13.8.